The number of ether oxygens (including phenoxy) is 3. The van der Waals surface area contributed by atoms with Crippen molar-refractivity contribution in [3.8, 4) is 17.2 Å². The number of fused-ring (bicyclic) bond motifs is 5. The molecule has 2 aliphatic heterocycles. The average molecular weight is 601 g/mol. The van der Waals surface area contributed by atoms with Gasteiger partial charge in [0.15, 0.2) is 0 Å². The van der Waals surface area contributed by atoms with Gasteiger partial charge in [0.25, 0.3) is 5.91 Å². The molecule has 0 unspecified atom stereocenters. The molecule has 4 bridgehead atoms. The third-order valence-corrected chi connectivity index (χ3v) is 7.96. The Labute approximate surface area is 245 Å². The predicted octanol–water partition coefficient (Wildman–Crippen LogP) is 1.55. The van der Waals surface area contributed by atoms with E-state index in [0.717, 1.165) is 24.7 Å². The van der Waals surface area contributed by atoms with Gasteiger partial charge in [-0.25, -0.2) is 13.1 Å². The lowest BCUT2D eigenvalue weighted by Crippen LogP contribution is -2.58. The summed E-state index contributed by atoms with van der Waals surface area (Å²) in [5.41, 5.74) is 1.20. The lowest BCUT2D eigenvalue weighted by atomic mass is 10.0. The molecule has 0 spiro atoms. The minimum atomic E-state index is -3.53. The van der Waals surface area contributed by atoms with Gasteiger partial charge in [-0.3, -0.25) is 14.4 Å². The van der Waals surface area contributed by atoms with Crippen LogP contribution in [0.15, 0.2) is 42.5 Å². The van der Waals surface area contributed by atoms with E-state index in [1.165, 1.54) is 4.90 Å². The quantitative estimate of drug-likeness (QED) is 0.452. The Bertz CT molecular complexity index is 1430. The zero-order chi connectivity index (χ0) is 29.7. The van der Waals surface area contributed by atoms with Gasteiger partial charge in [-0.2, -0.15) is 0 Å². The number of rotatable bonds is 6. The Kier molecular flexibility index (Phi) is 9.29. The number of nitrogens with one attached hydrogen (secondary N) is 3. The van der Waals surface area contributed by atoms with E-state index in [-0.39, 0.29) is 44.5 Å². The first-order chi connectivity index (χ1) is 20.1. The molecule has 1 aliphatic carbocycles. The highest BCUT2D eigenvalue weighted by molar-refractivity contribution is 7.88. The molecule has 1 saturated heterocycles. The Morgan fingerprint density at radius 3 is 2.74 bits per heavy atom. The molecule has 3 N–H and O–H groups in total. The first-order valence-corrected chi connectivity index (χ1v) is 16.0. The van der Waals surface area contributed by atoms with E-state index in [1.54, 1.807) is 18.2 Å². The minimum absolute atomic E-state index is 0.0144. The van der Waals surface area contributed by atoms with Crippen LogP contribution in [0.1, 0.15) is 41.6 Å². The standard InChI is InChI=1S/C29H36N4O8S/c1-42(37,38)31-15-28(35)33-10-8-26-25(16-33)32-27(34)7-9-30-29(36)21-12-23(39-17-19-5-6-19)14-24(13-21)41-22-4-2-3-20(11-22)18-40-26/h2-4,11-14,19,25-26,31H,5-10,15-18H2,1H3,(H,30,36)(H,32,34)/t25-,26+/m0/s1. The molecule has 3 amide bonds. The van der Waals surface area contributed by atoms with Crippen molar-refractivity contribution in [3.05, 3.63) is 53.6 Å². The van der Waals surface area contributed by atoms with Crippen molar-refractivity contribution >= 4 is 27.7 Å². The molecule has 226 valence electrons. The fourth-order valence-corrected chi connectivity index (χ4v) is 5.24. The van der Waals surface area contributed by atoms with Crippen LogP contribution < -0.4 is 24.8 Å². The zero-order valence-electron chi connectivity index (χ0n) is 23.5. The van der Waals surface area contributed by atoms with E-state index in [1.807, 2.05) is 24.3 Å². The monoisotopic (exact) mass is 600 g/mol. The van der Waals surface area contributed by atoms with Crippen LogP contribution in [-0.4, -0.2) is 82.2 Å². The number of hydrogen-bond donors (Lipinski definition) is 3. The Morgan fingerprint density at radius 1 is 1.12 bits per heavy atom. The number of piperidine rings is 1. The largest absolute Gasteiger partial charge is 0.493 e. The molecule has 2 heterocycles. The van der Waals surface area contributed by atoms with Gasteiger partial charge < -0.3 is 29.7 Å². The molecule has 12 nitrogen and oxygen atoms in total. The average Bonchev–Trinajstić information content (AvgIpc) is 3.78. The summed E-state index contributed by atoms with van der Waals surface area (Å²) >= 11 is 0. The number of amides is 3. The second kappa shape index (κ2) is 13.1. The van der Waals surface area contributed by atoms with Crippen LogP contribution in [0.4, 0.5) is 0 Å². The van der Waals surface area contributed by atoms with Gasteiger partial charge in [-0.05, 0) is 55.0 Å². The summed E-state index contributed by atoms with van der Waals surface area (Å²) in [6, 6.07) is 11.9. The molecular formula is C29H36N4O8S. The van der Waals surface area contributed by atoms with E-state index in [0.29, 0.717) is 48.3 Å². The summed E-state index contributed by atoms with van der Waals surface area (Å²) in [5, 5.41) is 5.73. The highest BCUT2D eigenvalue weighted by Crippen LogP contribution is 2.32. The van der Waals surface area contributed by atoms with Crippen LogP contribution in [0.3, 0.4) is 0 Å². The predicted molar refractivity (Wildman–Crippen MR) is 153 cm³/mol. The molecule has 2 aromatic carbocycles. The minimum Gasteiger partial charge on any atom is -0.493 e. The molecule has 42 heavy (non-hydrogen) atoms. The second-order valence-electron chi connectivity index (χ2n) is 10.9. The van der Waals surface area contributed by atoms with Crippen LogP contribution in [0.25, 0.3) is 0 Å². The first kappa shape index (κ1) is 29.8. The molecule has 2 aromatic rings. The van der Waals surface area contributed by atoms with Crippen molar-refractivity contribution in [1.29, 1.82) is 0 Å². The summed E-state index contributed by atoms with van der Waals surface area (Å²) in [6.07, 6.45) is 3.32. The Balaban J connectivity index is 1.33. The summed E-state index contributed by atoms with van der Waals surface area (Å²) < 4.78 is 43.4. The van der Waals surface area contributed by atoms with Gasteiger partial charge in [0.05, 0.1) is 38.2 Å². The number of likely N-dealkylation sites (tertiary alicyclic amines) is 1. The van der Waals surface area contributed by atoms with Gasteiger partial charge in [0.1, 0.15) is 17.2 Å². The maximum Gasteiger partial charge on any atom is 0.251 e. The highest BCUT2D eigenvalue weighted by atomic mass is 32.2. The van der Waals surface area contributed by atoms with Gasteiger partial charge in [-0.1, -0.05) is 12.1 Å². The van der Waals surface area contributed by atoms with Crippen LogP contribution in [-0.2, 0) is 31.0 Å². The van der Waals surface area contributed by atoms with Crippen LogP contribution in [0, 0.1) is 5.92 Å². The van der Waals surface area contributed by atoms with E-state index in [9.17, 15) is 22.8 Å². The van der Waals surface area contributed by atoms with Gasteiger partial charge >= 0.3 is 0 Å². The molecular weight excluding hydrogens is 564 g/mol. The SMILES string of the molecule is CS(=O)(=O)NCC(=O)N1CC[C@H]2OCc3cccc(c3)Oc3cc(OCC4CC4)cc(c3)C(=O)NCCC(=O)N[C@H]2C1. The van der Waals surface area contributed by atoms with Crippen molar-refractivity contribution in [1.82, 2.24) is 20.3 Å². The number of carbonyl (C=O) groups excluding carboxylic acids is 3. The van der Waals surface area contributed by atoms with Crippen LogP contribution in [0.5, 0.6) is 17.2 Å². The second-order valence-corrected chi connectivity index (χ2v) is 12.8. The van der Waals surface area contributed by atoms with Crippen molar-refractivity contribution in [3.63, 3.8) is 0 Å². The van der Waals surface area contributed by atoms with Crippen molar-refractivity contribution in [2.24, 2.45) is 5.92 Å². The number of benzene rings is 2. The smallest absolute Gasteiger partial charge is 0.251 e. The fraction of sp³-hybridized carbons (Fsp3) is 0.483. The molecule has 13 heteroatoms. The van der Waals surface area contributed by atoms with Gasteiger partial charge in [0, 0.05) is 37.7 Å². The third kappa shape index (κ3) is 8.66. The molecule has 5 rings (SSSR count). The topological polar surface area (TPSA) is 152 Å². The molecule has 2 atom stereocenters. The normalized spacial score (nSPS) is 21.7. The van der Waals surface area contributed by atoms with Crippen molar-refractivity contribution < 1.29 is 37.0 Å². The Hall–Kier alpha value is -3.68. The van der Waals surface area contributed by atoms with Gasteiger partial charge in [-0.15, -0.1) is 0 Å². The van der Waals surface area contributed by atoms with E-state index < -0.39 is 28.1 Å². The summed E-state index contributed by atoms with van der Waals surface area (Å²) in [5.74, 6) is 1.02. The van der Waals surface area contributed by atoms with E-state index in [4.69, 9.17) is 14.2 Å². The lowest BCUT2D eigenvalue weighted by Gasteiger charge is -2.38. The molecule has 3 aliphatic rings. The molecule has 0 aromatic heterocycles. The fourth-order valence-electron chi connectivity index (χ4n) is 4.85. The number of sulfonamides is 1. The van der Waals surface area contributed by atoms with E-state index in [2.05, 4.69) is 15.4 Å². The highest BCUT2D eigenvalue weighted by Gasteiger charge is 2.33. The third-order valence-electron chi connectivity index (χ3n) is 7.29. The van der Waals surface area contributed by atoms with Crippen LogP contribution in [0.2, 0.25) is 0 Å². The summed E-state index contributed by atoms with van der Waals surface area (Å²) in [7, 11) is -3.53. The number of nitrogens with zero attached hydrogens (tertiary/aromatic N) is 1. The van der Waals surface area contributed by atoms with Crippen molar-refractivity contribution in [2.45, 2.75) is 44.4 Å². The van der Waals surface area contributed by atoms with Gasteiger partial charge in [0.2, 0.25) is 21.8 Å². The Morgan fingerprint density at radius 2 is 1.95 bits per heavy atom. The van der Waals surface area contributed by atoms with Crippen molar-refractivity contribution in [2.75, 3.05) is 39.0 Å². The van der Waals surface area contributed by atoms with E-state index >= 15 is 0 Å². The zero-order valence-corrected chi connectivity index (χ0v) is 24.3. The lowest BCUT2D eigenvalue weighted by molar-refractivity contribution is -0.136. The summed E-state index contributed by atoms with van der Waals surface area (Å²) in [6.45, 7) is 1.06. The number of carbonyl (C=O) groups is 3. The molecule has 1 saturated carbocycles. The number of hydrogen-bond acceptors (Lipinski definition) is 8. The molecule has 0 radical (unpaired) electrons. The maximum atomic E-state index is 13.0. The molecule has 2 fully saturated rings. The summed E-state index contributed by atoms with van der Waals surface area (Å²) in [4.78, 5) is 40.1. The van der Waals surface area contributed by atoms with Crippen LogP contribution >= 0.6 is 0 Å². The maximum absolute atomic E-state index is 13.0. The first-order valence-electron chi connectivity index (χ1n) is 14.1.